The van der Waals surface area contributed by atoms with Crippen LogP contribution in [-0.4, -0.2) is 37.1 Å². The van der Waals surface area contributed by atoms with Crippen molar-refractivity contribution in [2.75, 3.05) is 24.7 Å². The number of carbonyl (C=O) groups is 2. The van der Waals surface area contributed by atoms with Gasteiger partial charge in [-0.05, 0) is 17.7 Å². The molecule has 1 heterocycles. The summed E-state index contributed by atoms with van der Waals surface area (Å²) in [5.74, 6) is 0.534. The van der Waals surface area contributed by atoms with E-state index in [1.165, 1.54) is 4.90 Å². The van der Waals surface area contributed by atoms with E-state index in [0.29, 0.717) is 35.6 Å². The molecule has 0 unspecified atom stereocenters. The zero-order chi connectivity index (χ0) is 16.9. The Kier molecular flexibility index (Phi) is 4.77. The van der Waals surface area contributed by atoms with E-state index < -0.39 is 0 Å². The Morgan fingerprint density at radius 1 is 1.25 bits per heavy atom. The highest BCUT2D eigenvalue weighted by atomic mass is 16.5. The van der Waals surface area contributed by atoms with Gasteiger partial charge < -0.3 is 19.5 Å². The number of benzene rings is 2. The summed E-state index contributed by atoms with van der Waals surface area (Å²) in [6.07, 6.45) is 0.686. The van der Waals surface area contributed by atoms with Crippen LogP contribution in [0.4, 0.5) is 5.69 Å². The van der Waals surface area contributed by atoms with E-state index in [-0.39, 0.29) is 25.7 Å². The number of hydrogen-bond acceptors (Lipinski definition) is 5. The van der Waals surface area contributed by atoms with Crippen molar-refractivity contribution >= 4 is 17.9 Å². The Morgan fingerprint density at radius 3 is 2.75 bits per heavy atom. The molecule has 0 saturated carbocycles. The summed E-state index contributed by atoms with van der Waals surface area (Å²) < 4.78 is 11.3. The Hall–Kier alpha value is -2.86. The van der Waals surface area contributed by atoms with Gasteiger partial charge in [0.2, 0.25) is 0 Å². The van der Waals surface area contributed by atoms with Crippen LogP contribution < -0.4 is 14.4 Å². The van der Waals surface area contributed by atoms with E-state index in [9.17, 15) is 14.7 Å². The fraction of sp³-hybridized carbons (Fsp3) is 0.222. The molecule has 0 fully saturated rings. The quantitative estimate of drug-likeness (QED) is 0.819. The van der Waals surface area contributed by atoms with Crippen molar-refractivity contribution in [3.05, 3.63) is 53.6 Å². The number of hydrogen-bond donors (Lipinski definition) is 1. The minimum absolute atomic E-state index is 0.130. The average molecular weight is 327 g/mol. The lowest BCUT2D eigenvalue weighted by Gasteiger charge is -2.30. The molecule has 6 heteroatoms. The zero-order valence-corrected chi connectivity index (χ0v) is 13.0. The maximum Gasteiger partial charge on any atom is 0.265 e. The second kappa shape index (κ2) is 7.14. The second-order valence-corrected chi connectivity index (χ2v) is 5.32. The van der Waals surface area contributed by atoms with Gasteiger partial charge in [0, 0.05) is 12.1 Å². The van der Waals surface area contributed by atoms with E-state index in [1.54, 1.807) is 12.1 Å². The molecule has 1 N–H and O–H groups in total. The Balaban J connectivity index is 1.94. The predicted octanol–water partition coefficient (Wildman–Crippen LogP) is 1.80. The lowest BCUT2D eigenvalue weighted by Crippen LogP contribution is -2.40. The number of carbonyl (C=O) groups excluding carboxylic acids is 2. The van der Waals surface area contributed by atoms with Crippen LogP contribution >= 0.6 is 0 Å². The molecule has 0 saturated heterocycles. The molecule has 1 aliphatic heterocycles. The van der Waals surface area contributed by atoms with Gasteiger partial charge in [-0.1, -0.05) is 30.3 Å². The van der Waals surface area contributed by atoms with Crippen molar-refractivity contribution in [1.29, 1.82) is 0 Å². The fourth-order valence-electron chi connectivity index (χ4n) is 2.56. The third-order valence-electron chi connectivity index (χ3n) is 3.69. The summed E-state index contributed by atoms with van der Waals surface area (Å²) in [4.78, 5) is 24.6. The van der Waals surface area contributed by atoms with Gasteiger partial charge in [0.15, 0.2) is 18.1 Å². The van der Waals surface area contributed by atoms with Crippen molar-refractivity contribution < 1.29 is 24.2 Å². The highest BCUT2D eigenvalue weighted by molar-refractivity contribution is 5.99. The summed E-state index contributed by atoms with van der Waals surface area (Å²) in [6.45, 7) is 0.133. The van der Waals surface area contributed by atoms with Crippen LogP contribution in [0, 0.1) is 0 Å². The molecule has 24 heavy (non-hydrogen) atoms. The zero-order valence-electron chi connectivity index (χ0n) is 13.0. The normalized spacial score (nSPS) is 13.2. The molecule has 0 spiro atoms. The van der Waals surface area contributed by atoms with Crippen LogP contribution in [-0.2, 0) is 11.4 Å². The van der Waals surface area contributed by atoms with Crippen molar-refractivity contribution in [3.8, 4) is 11.5 Å². The predicted molar refractivity (Wildman–Crippen MR) is 87.5 cm³/mol. The molecule has 2 aromatic carbocycles. The van der Waals surface area contributed by atoms with Gasteiger partial charge in [-0.2, -0.15) is 0 Å². The van der Waals surface area contributed by atoms with Gasteiger partial charge >= 0.3 is 0 Å². The van der Waals surface area contributed by atoms with Gasteiger partial charge in [0.05, 0.1) is 12.3 Å². The van der Waals surface area contributed by atoms with Gasteiger partial charge in [0.1, 0.15) is 12.9 Å². The maximum atomic E-state index is 12.0. The van der Waals surface area contributed by atoms with Crippen molar-refractivity contribution in [1.82, 2.24) is 0 Å². The lowest BCUT2D eigenvalue weighted by atomic mass is 10.1. The van der Waals surface area contributed by atoms with E-state index in [2.05, 4.69) is 0 Å². The average Bonchev–Trinajstić information content (AvgIpc) is 2.62. The highest BCUT2D eigenvalue weighted by Gasteiger charge is 2.28. The number of ether oxygens (including phenoxy) is 2. The van der Waals surface area contributed by atoms with Crippen LogP contribution in [0.5, 0.6) is 11.5 Å². The Bertz CT molecular complexity index is 745. The topological polar surface area (TPSA) is 76.1 Å². The molecule has 0 aromatic heterocycles. The smallest absolute Gasteiger partial charge is 0.265 e. The first kappa shape index (κ1) is 16.0. The van der Waals surface area contributed by atoms with E-state index in [4.69, 9.17) is 9.47 Å². The Morgan fingerprint density at radius 2 is 2.04 bits per heavy atom. The third kappa shape index (κ3) is 3.23. The van der Waals surface area contributed by atoms with E-state index >= 15 is 0 Å². The number of fused-ring (bicyclic) bond motifs is 1. The van der Waals surface area contributed by atoms with Gasteiger partial charge in [-0.25, -0.2) is 0 Å². The first-order valence-electron chi connectivity index (χ1n) is 7.57. The van der Waals surface area contributed by atoms with Crippen LogP contribution in [0.2, 0.25) is 0 Å². The SMILES string of the molecule is O=Cc1cc(OCc2ccccc2)c2c(c1)N(CCO)C(=O)CO2. The first-order valence-corrected chi connectivity index (χ1v) is 7.57. The number of nitrogens with zero attached hydrogens (tertiary/aromatic N) is 1. The minimum Gasteiger partial charge on any atom is -0.485 e. The maximum absolute atomic E-state index is 12.0. The highest BCUT2D eigenvalue weighted by Crippen LogP contribution is 2.41. The number of aliphatic hydroxyl groups is 1. The standard InChI is InChI=1S/C18H17NO5/c20-7-6-19-15-8-14(10-21)9-16(18(15)24-12-17(19)22)23-11-13-4-2-1-3-5-13/h1-5,8-10,20H,6-7,11-12H2. The van der Waals surface area contributed by atoms with Crippen molar-refractivity contribution in [2.45, 2.75) is 6.61 Å². The molecule has 2 aromatic rings. The van der Waals surface area contributed by atoms with Crippen LogP contribution in [0.3, 0.4) is 0 Å². The molecule has 0 bridgehead atoms. The molecular formula is C18H17NO5. The van der Waals surface area contributed by atoms with Gasteiger partial charge in [-0.15, -0.1) is 0 Å². The summed E-state index contributed by atoms with van der Waals surface area (Å²) in [6, 6.07) is 12.7. The van der Waals surface area contributed by atoms with Gasteiger partial charge in [-0.3, -0.25) is 9.59 Å². The number of anilines is 1. The number of aldehydes is 1. The van der Waals surface area contributed by atoms with Crippen molar-refractivity contribution in [2.24, 2.45) is 0 Å². The minimum atomic E-state index is -0.270. The fourth-order valence-corrected chi connectivity index (χ4v) is 2.56. The molecular weight excluding hydrogens is 310 g/mol. The van der Waals surface area contributed by atoms with E-state index in [0.717, 1.165) is 5.56 Å². The molecule has 0 radical (unpaired) electrons. The number of amides is 1. The van der Waals surface area contributed by atoms with Crippen LogP contribution in [0.25, 0.3) is 0 Å². The van der Waals surface area contributed by atoms with E-state index in [1.807, 2.05) is 30.3 Å². The molecule has 124 valence electrons. The third-order valence-corrected chi connectivity index (χ3v) is 3.69. The molecule has 0 atom stereocenters. The number of aliphatic hydroxyl groups excluding tert-OH is 1. The summed E-state index contributed by atoms with van der Waals surface area (Å²) in [5.41, 5.74) is 1.79. The second-order valence-electron chi connectivity index (χ2n) is 5.32. The molecule has 1 aliphatic rings. The summed E-state index contributed by atoms with van der Waals surface area (Å²) >= 11 is 0. The lowest BCUT2D eigenvalue weighted by molar-refractivity contribution is -0.121. The van der Waals surface area contributed by atoms with Crippen LogP contribution in [0.1, 0.15) is 15.9 Å². The monoisotopic (exact) mass is 327 g/mol. The molecule has 3 rings (SSSR count). The largest absolute Gasteiger partial charge is 0.485 e. The van der Waals surface area contributed by atoms with Gasteiger partial charge in [0.25, 0.3) is 5.91 Å². The first-order chi connectivity index (χ1) is 11.7. The molecule has 6 nitrogen and oxygen atoms in total. The van der Waals surface area contributed by atoms with Crippen LogP contribution in [0.15, 0.2) is 42.5 Å². The Labute approximate surface area is 139 Å². The summed E-state index contributed by atoms with van der Waals surface area (Å²) in [7, 11) is 0. The molecule has 1 amide bonds. The number of β-amino-alcohol motifs (C(OH)–C–C–N with tert-alkyl or cyclic N) is 1. The molecule has 0 aliphatic carbocycles. The summed E-state index contributed by atoms with van der Waals surface area (Å²) in [5, 5.41) is 9.17. The number of rotatable bonds is 6. The van der Waals surface area contributed by atoms with Crippen molar-refractivity contribution in [3.63, 3.8) is 0 Å².